The molecule has 0 radical (unpaired) electrons. The van der Waals surface area contributed by atoms with Crippen molar-refractivity contribution in [1.82, 2.24) is 0 Å². The van der Waals surface area contributed by atoms with Gasteiger partial charge in [0.2, 0.25) is 5.91 Å². The van der Waals surface area contributed by atoms with Gasteiger partial charge in [0, 0.05) is 16.1 Å². The maximum atomic E-state index is 11.8. The molecule has 0 saturated heterocycles. The molecule has 1 fully saturated rings. The highest BCUT2D eigenvalue weighted by atomic mass is 79.9. The lowest BCUT2D eigenvalue weighted by Crippen LogP contribution is -2.28. The zero-order valence-corrected chi connectivity index (χ0v) is 10.8. The Labute approximate surface area is 104 Å². The number of rotatable bonds is 2. The van der Waals surface area contributed by atoms with Crippen LogP contribution in [0.15, 0.2) is 16.6 Å². The third kappa shape index (κ3) is 2.21. The highest BCUT2D eigenvalue weighted by Gasteiger charge is 2.25. The Balaban J connectivity index is 2.14. The molecule has 3 N–H and O–H groups in total. The number of nitrogen functional groups attached to an aromatic ring is 1. The van der Waals surface area contributed by atoms with Crippen LogP contribution in [0.1, 0.15) is 24.8 Å². The normalized spacial score (nSPS) is 15.6. The molecule has 2 rings (SSSR count). The fourth-order valence-corrected chi connectivity index (χ4v) is 2.25. The zero-order chi connectivity index (χ0) is 11.7. The van der Waals surface area contributed by atoms with Crippen LogP contribution in [0.5, 0.6) is 0 Å². The molecule has 0 aromatic heterocycles. The predicted molar refractivity (Wildman–Crippen MR) is 69.3 cm³/mol. The summed E-state index contributed by atoms with van der Waals surface area (Å²) in [4.78, 5) is 11.8. The van der Waals surface area contributed by atoms with Gasteiger partial charge in [-0.3, -0.25) is 4.79 Å². The van der Waals surface area contributed by atoms with Crippen LogP contribution in [-0.4, -0.2) is 5.91 Å². The van der Waals surface area contributed by atoms with Gasteiger partial charge in [0.05, 0.1) is 5.69 Å². The Hall–Kier alpha value is -1.03. The number of nitrogens with two attached hydrogens (primary N) is 1. The molecule has 0 bridgehead atoms. The first-order valence-electron chi connectivity index (χ1n) is 5.44. The molecule has 0 unspecified atom stereocenters. The van der Waals surface area contributed by atoms with Gasteiger partial charge in [-0.2, -0.15) is 0 Å². The summed E-state index contributed by atoms with van der Waals surface area (Å²) in [7, 11) is 0. The molecule has 1 aliphatic carbocycles. The Morgan fingerprint density at radius 3 is 2.75 bits per heavy atom. The van der Waals surface area contributed by atoms with Gasteiger partial charge < -0.3 is 11.1 Å². The third-order valence-corrected chi connectivity index (χ3v) is 3.75. The average Bonchev–Trinajstić information content (AvgIpc) is 2.11. The third-order valence-electron chi connectivity index (χ3n) is 3.09. The van der Waals surface area contributed by atoms with E-state index in [1.54, 1.807) is 6.07 Å². The standard InChI is InChI=1S/C12H15BrN2O/c1-7-5-9(13)11(6-10(7)14)15-12(16)8-3-2-4-8/h5-6,8H,2-4,14H2,1H3,(H,15,16). The van der Waals surface area contributed by atoms with Gasteiger partial charge in [0.15, 0.2) is 0 Å². The van der Waals surface area contributed by atoms with E-state index in [1.165, 1.54) is 0 Å². The number of anilines is 2. The van der Waals surface area contributed by atoms with Crippen LogP contribution in [0, 0.1) is 12.8 Å². The smallest absolute Gasteiger partial charge is 0.227 e. The number of halogens is 1. The summed E-state index contributed by atoms with van der Waals surface area (Å²) in [6.07, 6.45) is 3.17. The van der Waals surface area contributed by atoms with Gasteiger partial charge in [-0.05, 0) is 53.4 Å². The lowest BCUT2D eigenvalue weighted by molar-refractivity contribution is -0.122. The van der Waals surface area contributed by atoms with Gasteiger partial charge in [0.25, 0.3) is 0 Å². The van der Waals surface area contributed by atoms with Crippen molar-refractivity contribution >= 4 is 33.2 Å². The topological polar surface area (TPSA) is 55.1 Å². The van der Waals surface area contributed by atoms with Crippen LogP contribution < -0.4 is 11.1 Å². The molecule has 1 aromatic carbocycles. The van der Waals surface area contributed by atoms with Gasteiger partial charge >= 0.3 is 0 Å². The van der Waals surface area contributed by atoms with Crippen LogP contribution in [0.3, 0.4) is 0 Å². The van der Waals surface area contributed by atoms with Crippen molar-refractivity contribution in [2.45, 2.75) is 26.2 Å². The van der Waals surface area contributed by atoms with Crippen molar-refractivity contribution in [2.75, 3.05) is 11.1 Å². The maximum Gasteiger partial charge on any atom is 0.227 e. The minimum absolute atomic E-state index is 0.107. The number of carbonyl (C=O) groups is 1. The quantitative estimate of drug-likeness (QED) is 0.819. The second-order valence-corrected chi connectivity index (χ2v) is 5.16. The summed E-state index contributed by atoms with van der Waals surface area (Å²) in [5, 5.41) is 2.91. The number of hydrogen-bond acceptors (Lipinski definition) is 2. The van der Waals surface area contributed by atoms with E-state index < -0.39 is 0 Å². The Bertz CT molecular complexity index is 427. The lowest BCUT2D eigenvalue weighted by atomic mass is 9.85. The number of aryl methyl sites for hydroxylation is 1. The molecule has 0 aliphatic heterocycles. The van der Waals surface area contributed by atoms with Crippen LogP contribution in [0.4, 0.5) is 11.4 Å². The van der Waals surface area contributed by atoms with E-state index in [4.69, 9.17) is 5.73 Å². The van der Waals surface area contributed by atoms with Crippen molar-refractivity contribution in [3.8, 4) is 0 Å². The molecule has 86 valence electrons. The van der Waals surface area contributed by atoms with Crippen LogP contribution in [0.2, 0.25) is 0 Å². The number of carbonyl (C=O) groups excluding carboxylic acids is 1. The van der Waals surface area contributed by atoms with Crippen molar-refractivity contribution in [3.63, 3.8) is 0 Å². The first kappa shape index (κ1) is 11.5. The van der Waals surface area contributed by atoms with Gasteiger partial charge in [0.1, 0.15) is 0 Å². The molecule has 16 heavy (non-hydrogen) atoms. The number of nitrogens with one attached hydrogen (secondary N) is 1. The summed E-state index contributed by atoms with van der Waals surface area (Å²) in [5.41, 5.74) is 8.29. The molecule has 4 heteroatoms. The molecule has 1 aliphatic rings. The second-order valence-electron chi connectivity index (χ2n) is 4.31. The molecule has 1 aromatic rings. The van der Waals surface area contributed by atoms with Crippen molar-refractivity contribution in [1.29, 1.82) is 0 Å². The summed E-state index contributed by atoms with van der Waals surface area (Å²) in [6.45, 7) is 1.94. The number of amides is 1. The summed E-state index contributed by atoms with van der Waals surface area (Å²) in [5.74, 6) is 0.296. The molecule has 3 nitrogen and oxygen atoms in total. The summed E-state index contributed by atoms with van der Waals surface area (Å²) >= 11 is 3.43. The van der Waals surface area contributed by atoms with Gasteiger partial charge in [-0.25, -0.2) is 0 Å². The van der Waals surface area contributed by atoms with Gasteiger partial charge in [-0.15, -0.1) is 0 Å². The van der Waals surface area contributed by atoms with E-state index in [0.29, 0.717) is 5.69 Å². The van der Waals surface area contributed by atoms with E-state index in [0.717, 1.165) is 35.0 Å². The molecule has 0 heterocycles. The Kier molecular flexibility index (Phi) is 3.19. The van der Waals surface area contributed by atoms with Crippen LogP contribution in [0.25, 0.3) is 0 Å². The van der Waals surface area contributed by atoms with Crippen LogP contribution >= 0.6 is 15.9 Å². The van der Waals surface area contributed by atoms with Crippen LogP contribution in [-0.2, 0) is 4.79 Å². The molecular formula is C12H15BrN2O. The van der Waals surface area contributed by atoms with Crippen molar-refractivity contribution in [2.24, 2.45) is 5.92 Å². The zero-order valence-electron chi connectivity index (χ0n) is 9.22. The molecular weight excluding hydrogens is 268 g/mol. The lowest BCUT2D eigenvalue weighted by Gasteiger charge is -2.24. The fourth-order valence-electron chi connectivity index (χ4n) is 1.69. The van der Waals surface area contributed by atoms with E-state index in [9.17, 15) is 4.79 Å². The fraction of sp³-hybridized carbons (Fsp3) is 0.417. The number of benzene rings is 1. The summed E-state index contributed by atoms with van der Waals surface area (Å²) in [6, 6.07) is 3.72. The SMILES string of the molecule is Cc1cc(Br)c(NC(=O)C2CCC2)cc1N. The molecule has 0 spiro atoms. The highest BCUT2D eigenvalue weighted by molar-refractivity contribution is 9.10. The molecule has 0 atom stereocenters. The largest absolute Gasteiger partial charge is 0.398 e. The Morgan fingerprint density at radius 1 is 1.50 bits per heavy atom. The highest BCUT2D eigenvalue weighted by Crippen LogP contribution is 2.31. The predicted octanol–water partition coefficient (Wildman–Crippen LogP) is 3.08. The van der Waals surface area contributed by atoms with Crippen molar-refractivity contribution in [3.05, 3.63) is 22.2 Å². The summed E-state index contributed by atoms with van der Waals surface area (Å²) < 4.78 is 0.881. The first-order chi connectivity index (χ1) is 7.58. The molecule has 1 amide bonds. The van der Waals surface area contributed by atoms with Gasteiger partial charge in [-0.1, -0.05) is 6.42 Å². The van der Waals surface area contributed by atoms with Crippen molar-refractivity contribution < 1.29 is 4.79 Å². The minimum Gasteiger partial charge on any atom is -0.398 e. The average molecular weight is 283 g/mol. The monoisotopic (exact) mass is 282 g/mol. The van der Waals surface area contributed by atoms with E-state index >= 15 is 0 Å². The van der Waals surface area contributed by atoms with E-state index in [-0.39, 0.29) is 11.8 Å². The van der Waals surface area contributed by atoms with E-state index in [2.05, 4.69) is 21.2 Å². The second kappa shape index (κ2) is 4.45. The maximum absolute atomic E-state index is 11.8. The first-order valence-corrected chi connectivity index (χ1v) is 6.23. The molecule has 1 saturated carbocycles. The minimum atomic E-state index is 0.107. The Morgan fingerprint density at radius 2 is 2.19 bits per heavy atom. The number of hydrogen-bond donors (Lipinski definition) is 2. The van der Waals surface area contributed by atoms with E-state index in [1.807, 2.05) is 13.0 Å².